The predicted octanol–water partition coefficient (Wildman–Crippen LogP) is 4.54. The lowest BCUT2D eigenvalue weighted by molar-refractivity contribution is -0.115. The van der Waals surface area contributed by atoms with Crippen molar-refractivity contribution in [3.63, 3.8) is 0 Å². The molecule has 1 aromatic heterocycles. The molecule has 1 N–H and O–H groups in total. The second kappa shape index (κ2) is 9.76. The van der Waals surface area contributed by atoms with E-state index in [2.05, 4.69) is 26.2 Å². The fourth-order valence-corrected chi connectivity index (χ4v) is 4.39. The van der Waals surface area contributed by atoms with E-state index in [4.69, 9.17) is 4.74 Å². The van der Waals surface area contributed by atoms with Crippen molar-refractivity contribution in [3.8, 4) is 0 Å². The van der Waals surface area contributed by atoms with Crippen LogP contribution in [0, 0.1) is 13.8 Å². The smallest absolute Gasteiger partial charge is 0.262 e. The monoisotopic (exact) mass is 489 g/mol. The first-order valence-corrected chi connectivity index (χ1v) is 11.2. The molecule has 0 aliphatic carbocycles. The van der Waals surface area contributed by atoms with Crippen molar-refractivity contribution in [2.45, 2.75) is 37.7 Å². The van der Waals surface area contributed by atoms with Gasteiger partial charge in [0.1, 0.15) is 0 Å². The molecular formula is C22H24BrN3O3S. The summed E-state index contributed by atoms with van der Waals surface area (Å²) in [5.41, 5.74) is 3.28. The van der Waals surface area contributed by atoms with Crippen LogP contribution in [-0.2, 0) is 16.1 Å². The highest BCUT2D eigenvalue weighted by Crippen LogP contribution is 2.26. The Kier molecular flexibility index (Phi) is 7.33. The van der Waals surface area contributed by atoms with E-state index in [1.165, 1.54) is 11.8 Å². The van der Waals surface area contributed by atoms with E-state index in [0.717, 1.165) is 21.3 Å². The highest BCUT2D eigenvalue weighted by molar-refractivity contribution is 9.10. The van der Waals surface area contributed by atoms with E-state index in [1.807, 2.05) is 45.0 Å². The molecule has 30 heavy (non-hydrogen) atoms. The van der Waals surface area contributed by atoms with E-state index in [1.54, 1.807) is 23.8 Å². The van der Waals surface area contributed by atoms with Crippen LogP contribution in [0.2, 0.25) is 0 Å². The maximum Gasteiger partial charge on any atom is 0.262 e. The van der Waals surface area contributed by atoms with Gasteiger partial charge < -0.3 is 10.1 Å². The molecule has 6 nitrogen and oxygen atoms in total. The van der Waals surface area contributed by atoms with Gasteiger partial charge in [0, 0.05) is 17.3 Å². The van der Waals surface area contributed by atoms with Crippen molar-refractivity contribution in [3.05, 3.63) is 62.4 Å². The maximum atomic E-state index is 13.1. The molecule has 1 amide bonds. The maximum absolute atomic E-state index is 13.1. The van der Waals surface area contributed by atoms with Crippen molar-refractivity contribution in [2.75, 3.05) is 19.0 Å². The van der Waals surface area contributed by atoms with Gasteiger partial charge in [-0.05, 0) is 50.1 Å². The summed E-state index contributed by atoms with van der Waals surface area (Å²) in [6, 6.07) is 11.3. The Bertz CT molecular complexity index is 1130. The zero-order chi connectivity index (χ0) is 21.8. The fraction of sp³-hybridized carbons (Fsp3) is 0.318. The number of hydrogen-bond donors (Lipinski definition) is 1. The van der Waals surface area contributed by atoms with Crippen LogP contribution in [0.25, 0.3) is 10.9 Å². The molecule has 0 saturated heterocycles. The lowest BCUT2D eigenvalue weighted by Gasteiger charge is -2.17. The van der Waals surface area contributed by atoms with Crippen LogP contribution >= 0.6 is 27.7 Å². The molecule has 1 heterocycles. The third-order valence-corrected chi connectivity index (χ3v) is 6.36. The summed E-state index contributed by atoms with van der Waals surface area (Å²) in [6.45, 7) is 6.47. The topological polar surface area (TPSA) is 73.2 Å². The van der Waals surface area contributed by atoms with Crippen molar-refractivity contribution < 1.29 is 9.53 Å². The third-order valence-electron chi connectivity index (χ3n) is 4.78. The Morgan fingerprint density at radius 3 is 2.63 bits per heavy atom. The van der Waals surface area contributed by atoms with E-state index in [-0.39, 0.29) is 11.5 Å². The number of carbonyl (C=O) groups is 1. The molecule has 0 radical (unpaired) electrons. The molecule has 3 aromatic rings. The average molecular weight is 490 g/mol. The minimum atomic E-state index is -0.447. The zero-order valence-corrected chi connectivity index (χ0v) is 19.8. The van der Waals surface area contributed by atoms with Crippen LogP contribution in [0.3, 0.4) is 0 Å². The molecule has 8 heteroatoms. The summed E-state index contributed by atoms with van der Waals surface area (Å²) in [4.78, 5) is 30.6. The summed E-state index contributed by atoms with van der Waals surface area (Å²) in [5.74, 6) is -0.138. The number of amides is 1. The van der Waals surface area contributed by atoms with Gasteiger partial charge >= 0.3 is 0 Å². The predicted molar refractivity (Wildman–Crippen MR) is 125 cm³/mol. The molecule has 0 aliphatic rings. The SMILES string of the molecule is COCCn1c(SC(C)C(=O)Nc2c(C)cccc2C)nc2ccc(Br)cc2c1=O. The Hall–Kier alpha value is -2.16. The first-order chi connectivity index (χ1) is 14.3. The number of rotatable bonds is 7. The number of nitrogens with one attached hydrogen (secondary N) is 1. The van der Waals surface area contributed by atoms with Crippen LogP contribution in [0.5, 0.6) is 0 Å². The Balaban J connectivity index is 1.92. The molecule has 0 saturated carbocycles. The first kappa shape index (κ1) is 22.5. The molecule has 3 rings (SSSR count). The van der Waals surface area contributed by atoms with Gasteiger partial charge in [0.25, 0.3) is 5.56 Å². The minimum absolute atomic E-state index is 0.138. The molecule has 1 atom stereocenters. The summed E-state index contributed by atoms with van der Waals surface area (Å²) >= 11 is 4.67. The Morgan fingerprint density at radius 2 is 1.97 bits per heavy atom. The highest BCUT2D eigenvalue weighted by atomic mass is 79.9. The lowest BCUT2D eigenvalue weighted by Crippen LogP contribution is -2.28. The molecular weight excluding hydrogens is 466 g/mol. The average Bonchev–Trinajstić information content (AvgIpc) is 2.71. The zero-order valence-electron chi connectivity index (χ0n) is 17.4. The van der Waals surface area contributed by atoms with Crippen molar-refractivity contribution in [1.29, 1.82) is 0 Å². The molecule has 158 valence electrons. The normalized spacial score (nSPS) is 12.2. The Labute approximate surface area is 188 Å². The number of hydrogen-bond acceptors (Lipinski definition) is 5. The first-order valence-electron chi connectivity index (χ1n) is 9.54. The number of halogens is 1. The number of carbonyl (C=O) groups excluding carboxylic acids is 1. The van der Waals surface area contributed by atoms with Gasteiger partial charge in [-0.3, -0.25) is 14.2 Å². The minimum Gasteiger partial charge on any atom is -0.383 e. The largest absolute Gasteiger partial charge is 0.383 e. The van der Waals surface area contributed by atoms with Gasteiger partial charge in [0.2, 0.25) is 5.91 Å². The van der Waals surface area contributed by atoms with Crippen LogP contribution in [-0.4, -0.2) is 34.4 Å². The molecule has 2 aromatic carbocycles. The number of methoxy groups -OCH3 is 1. The van der Waals surface area contributed by atoms with Crippen LogP contribution in [0.15, 0.2) is 50.8 Å². The molecule has 0 bridgehead atoms. The van der Waals surface area contributed by atoms with Gasteiger partial charge in [0.15, 0.2) is 5.16 Å². The van der Waals surface area contributed by atoms with E-state index in [9.17, 15) is 9.59 Å². The number of anilines is 1. The summed E-state index contributed by atoms with van der Waals surface area (Å²) in [5, 5.41) is 3.59. The number of aromatic nitrogens is 2. The van der Waals surface area contributed by atoms with Gasteiger partial charge in [-0.25, -0.2) is 4.98 Å². The summed E-state index contributed by atoms with van der Waals surface area (Å²) < 4.78 is 7.55. The quantitative estimate of drug-likeness (QED) is 0.389. The van der Waals surface area contributed by atoms with Crippen LogP contribution in [0.4, 0.5) is 5.69 Å². The number of nitrogens with zero attached hydrogens (tertiary/aromatic N) is 2. The number of aryl methyl sites for hydroxylation is 2. The molecule has 0 aliphatic heterocycles. The third kappa shape index (κ3) is 4.94. The fourth-order valence-electron chi connectivity index (χ4n) is 3.09. The van der Waals surface area contributed by atoms with Crippen LogP contribution < -0.4 is 10.9 Å². The van der Waals surface area contributed by atoms with Gasteiger partial charge in [-0.2, -0.15) is 0 Å². The number of benzene rings is 2. The van der Waals surface area contributed by atoms with Gasteiger partial charge in [0.05, 0.1) is 29.3 Å². The molecule has 1 unspecified atom stereocenters. The molecule has 0 fully saturated rings. The molecule has 0 spiro atoms. The Morgan fingerprint density at radius 1 is 1.27 bits per heavy atom. The van der Waals surface area contributed by atoms with E-state index >= 15 is 0 Å². The standard InChI is InChI=1S/C22H24BrN3O3S/c1-13-6-5-7-14(2)19(13)25-20(27)15(3)30-22-24-18-9-8-16(23)12-17(18)21(28)26(22)10-11-29-4/h5-9,12,15H,10-11H2,1-4H3,(H,25,27). The van der Waals surface area contributed by atoms with Gasteiger partial charge in [-0.1, -0.05) is 45.9 Å². The highest BCUT2D eigenvalue weighted by Gasteiger charge is 2.20. The number of para-hydroxylation sites is 1. The summed E-state index contributed by atoms with van der Waals surface area (Å²) in [7, 11) is 1.59. The number of thioether (sulfide) groups is 1. The number of ether oxygens (including phenoxy) is 1. The number of fused-ring (bicyclic) bond motifs is 1. The van der Waals surface area contributed by atoms with Gasteiger partial charge in [-0.15, -0.1) is 0 Å². The summed E-state index contributed by atoms with van der Waals surface area (Å²) in [6.07, 6.45) is 0. The van der Waals surface area contributed by atoms with Crippen molar-refractivity contribution in [2.24, 2.45) is 0 Å². The van der Waals surface area contributed by atoms with E-state index in [0.29, 0.717) is 29.2 Å². The van der Waals surface area contributed by atoms with Crippen molar-refractivity contribution in [1.82, 2.24) is 9.55 Å². The second-order valence-corrected chi connectivity index (χ2v) is 9.25. The second-order valence-electron chi connectivity index (χ2n) is 7.02. The van der Waals surface area contributed by atoms with Crippen molar-refractivity contribution >= 4 is 50.2 Å². The van der Waals surface area contributed by atoms with Crippen LogP contribution in [0.1, 0.15) is 18.1 Å². The van der Waals surface area contributed by atoms with E-state index < -0.39 is 5.25 Å². The lowest BCUT2D eigenvalue weighted by atomic mass is 10.1.